The number of carbonyl (C=O) groups is 2. The van der Waals surface area contributed by atoms with Gasteiger partial charge in [0.2, 0.25) is 5.78 Å². The molecule has 0 bridgehead atoms. The van der Waals surface area contributed by atoms with Crippen molar-refractivity contribution in [1.29, 1.82) is 0 Å². The lowest BCUT2D eigenvalue weighted by molar-refractivity contribution is -0.142. The van der Waals surface area contributed by atoms with Crippen LogP contribution in [0.3, 0.4) is 0 Å². The third-order valence-electron chi connectivity index (χ3n) is 5.47. The van der Waals surface area contributed by atoms with E-state index in [4.69, 9.17) is 4.74 Å². The molecule has 2 heterocycles. The molecule has 0 unspecified atom stereocenters. The molecule has 7 heteroatoms. The van der Waals surface area contributed by atoms with Gasteiger partial charge in [0.1, 0.15) is 0 Å². The van der Waals surface area contributed by atoms with E-state index in [1.54, 1.807) is 9.13 Å². The number of benzene rings is 1. The highest BCUT2D eigenvalue weighted by molar-refractivity contribution is 5.99. The Morgan fingerprint density at radius 2 is 1.63 bits per heavy atom. The molecule has 2 aromatic heterocycles. The number of fused-ring (bicyclic) bond motifs is 1. The third kappa shape index (κ3) is 4.10. The molecule has 0 aliphatic rings. The highest BCUT2D eigenvalue weighted by Crippen LogP contribution is 2.17. The number of aryl methyl sites for hydroxylation is 3. The number of ether oxygens (including phenoxy) is 1. The summed E-state index contributed by atoms with van der Waals surface area (Å²) in [5.74, 6) is -0.704. The van der Waals surface area contributed by atoms with Crippen molar-refractivity contribution in [3.63, 3.8) is 0 Å². The molecular weight excluding hydrogens is 382 g/mol. The van der Waals surface area contributed by atoms with Gasteiger partial charge in [-0.05, 0) is 45.4 Å². The molecule has 160 valence electrons. The molecule has 1 aromatic carbocycles. The third-order valence-corrected chi connectivity index (χ3v) is 5.47. The zero-order valence-corrected chi connectivity index (χ0v) is 18.1. The summed E-state index contributed by atoms with van der Waals surface area (Å²) in [6, 6.07) is 9.35. The van der Waals surface area contributed by atoms with Gasteiger partial charge in [-0.1, -0.05) is 19.1 Å². The number of ketones is 1. The van der Waals surface area contributed by atoms with Crippen molar-refractivity contribution in [2.75, 3.05) is 6.61 Å². The van der Waals surface area contributed by atoms with Gasteiger partial charge in [0.05, 0.1) is 17.5 Å². The van der Waals surface area contributed by atoms with Crippen molar-refractivity contribution in [2.45, 2.75) is 60.2 Å². The average molecular weight is 412 g/mol. The van der Waals surface area contributed by atoms with Gasteiger partial charge in [-0.3, -0.25) is 18.7 Å². The Morgan fingerprint density at radius 3 is 2.27 bits per heavy atom. The second kappa shape index (κ2) is 9.15. The van der Waals surface area contributed by atoms with Crippen molar-refractivity contribution in [3.8, 4) is 0 Å². The summed E-state index contributed by atoms with van der Waals surface area (Å²) in [5.41, 5.74) is 4.00. The molecule has 0 aliphatic carbocycles. The number of para-hydroxylation sites is 2. The van der Waals surface area contributed by atoms with E-state index in [1.165, 1.54) is 0 Å². The Morgan fingerprint density at radius 1 is 0.967 bits per heavy atom. The first kappa shape index (κ1) is 21.6. The van der Waals surface area contributed by atoms with E-state index in [0.717, 1.165) is 35.4 Å². The van der Waals surface area contributed by atoms with Crippen molar-refractivity contribution in [2.24, 2.45) is 0 Å². The molecule has 7 nitrogen and oxygen atoms in total. The first-order chi connectivity index (χ1) is 14.4. The number of hydrogen-bond donors (Lipinski definition) is 0. The zero-order valence-electron chi connectivity index (χ0n) is 18.1. The monoisotopic (exact) mass is 411 g/mol. The van der Waals surface area contributed by atoms with Crippen LogP contribution in [0.1, 0.15) is 48.4 Å². The molecule has 3 aromatic rings. The molecule has 0 N–H and O–H groups in total. The number of Topliss-reactive ketones (excluding diaryl/α,β-unsaturated/α-hetero) is 1. The van der Waals surface area contributed by atoms with E-state index < -0.39 is 5.97 Å². The Labute approximate surface area is 175 Å². The van der Waals surface area contributed by atoms with Gasteiger partial charge >= 0.3 is 11.7 Å². The van der Waals surface area contributed by atoms with Crippen LogP contribution in [0.15, 0.2) is 35.1 Å². The van der Waals surface area contributed by atoms with E-state index in [0.29, 0.717) is 12.1 Å². The smallest absolute Gasteiger partial charge is 0.329 e. The summed E-state index contributed by atoms with van der Waals surface area (Å²) in [6.07, 6.45) is 1.01. The summed E-state index contributed by atoms with van der Waals surface area (Å²) in [7, 11) is 0. The van der Waals surface area contributed by atoms with Crippen LogP contribution in [0.4, 0.5) is 0 Å². The van der Waals surface area contributed by atoms with Crippen LogP contribution in [0.25, 0.3) is 11.0 Å². The van der Waals surface area contributed by atoms with Crippen LogP contribution < -0.4 is 5.69 Å². The molecule has 0 saturated carbocycles. The van der Waals surface area contributed by atoms with Crippen molar-refractivity contribution < 1.29 is 14.3 Å². The average Bonchev–Trinajstić information content (AvgIpc) is 3.18. The summed E-state index contributed by atoms with van der Waals surface area (Å²) >= 11 is 0. The van der Waals surface area contributed by atoms with Gasteiger partial charge < -0.3 is 9.30 Å². The molecule has 0 saturated heterocycles. The number of carbonyl (C=O) groups excluding carboxylic acids is 2. The Balaban J connectivity index is 1.63. The largest absolute Gasteiger partial charge is 0.457 e. The highest BCUT2D eigenvalue weighted by Gasteiger charge is 2.18. The summed E-state index contributed by atoms with van der Waals surface area (Å²) < 4.78 is 10.6. The van der Waals surface area contributed by atoms with Gasteiger partial charge in [-0.25, -0.2) is 4.79 Å². The zero-order chi connectivity index (χ0) is 21.8. The molecule has 0 amide bonds. The van der Waals surface area contributed by atoms with Gasteiger partial charge in [0, 0.05) is 36.6 Å². The van der Waals surface area contributed by atoms with Crippen LogP contribution in [0.5, 0.6) is 0 Å². The minimum Gasteiger partial charge on any atom is -0.457 e. The van der Waals surface area contributed by atoms with Crippen molar-refractivity contribution >= 4 is 22.8 Å². The summed E-state index contributed by atoms with van der Waals surface area (Å²) in [5, 5.41) is 0. The van der Waals surface area contributed by atoms with Crippen LogP contribution in [-0.2, 0) is 29.2 Å². The van der Waals surface area contributed by atoms with Crippen molar-refractivity contribution in [3.05, 3.63) is 57.8 Å². The molecule has 30 heavy (non-hydrogen) atoms. The summed E-state index contributed by atoms with van der Waals surface area (Å²) in [6.45, 7) is 9.21. The number of hydrogen-bond acceptors (Lipinski definition) is 4. The second-order valence-corrected chi connectivity index (χ2v) is 7.44. The van der Waals surface area contributed by atoms with Crippen LogP contribution in [-0.4, -0.2) is 32.1 Å². The fourth-order valence-corrected chi connectivity index (χ4v) is 3.94. The molecule has 0 aliphatic heterocycles. The number of nitrogens with zero attached hydrogens (tertiary/aromatic N) is 3. The maximum absolute atomic E-state index is 12.6. The number of rotatable bonds is 9. The Bertz CT molecular complexity index is 1130. The molecule has 3 rings (SSSR count). The molecular formula is C23H29N3O4. The standard InChI is InChI=1S/C23H29N3O4/c1-5-12-25-16(3)14-18(17(25)4)21(27)15-30-22(28)11-13-26-20-10-8-7-9-19(20)24(6-2)23(26)29/h7-10,14H,5-6,11-13,15H2,1-4H3. The van der Waals surface area contributed by atoms with E-state index in [2.05, 4.69) is 11.5 Å². The van der Waals surface area contributed by atoms with Crippen LogP contribution >= 0.6 is 0 Å². The number of aromatic nitrogens is 3. The van der Waals surface area contributed by atoms with Gasteiger partial charge in [0.25, 0.3) is 0 Å². The minimum atomic E-state index is -0.494. The lowest BCUT2D eigenvalue weighted by atomic mass is 10.1. The predicted octanol–water partition coefficient (Wildman–Crippen LogP) is 3.47. The topological polar surface area (TPSA) is 75.2 Å². The van der Waals surface area contributed by atoms with E-state index in [-0.39, 0.29) is 31.0 Å². The Hall–Kier alpha value is -3.09. The quantitative estimate of drug-likeness (QED) is 0.399. The maximum Gasteiger partial charge on any atom is 0.329 e. The van der Waals surface area contributed by atoms with Crippen LogP contribution in [0.2, 0.25) is 0 Å². The molecule has 0 fully saturated rings. The molecule has 0 atom stereocenters. The SMILES string of the molecule is CCCn1c(C)cc(C(=O)COC(=O)CCn2c(=O)n(CC)c3ccccc32)c1C. The van der Waals surface area contributed by atoms with E-state index in [1.807, 2.05) is 51.1 Å². The normalized spacial score (nSPS) is 11.2. The van der Waals surface area contributed by atoms with E-state index >= 15 is 0 Å². The fourth-order valence-electron chi connectivity index (χ4n) is 3.94. The molecule has 0 spiro atoms. The predicted molar refractivity (Wildman–Crippen MR) is 116 cm³/mol. The fraction of sp³-hybridized carbons (Fsp3) is 0.435. The van der Waals surface area contributed by atoms with Gasteiger partial charge in [0.15, 0.2) is 6.61 Å². The Kier molecular flexibility index (Phi) is 6.59. The second-order valence-electron chi connectivity index (χ2n) is 7.44. The first-order valence-corrected chi connectivity index (χ1v) is 10.4. The summed E-state index contributed by atoms with van der Waals surface area (Å²) in [4.78, 5) is 37.4. The lowest BCUT2D eigenvalue weighted by Crippen LogP contribution is -2.25. The van der Waals surface area contributed by atoms with Gasteiger partial charge in [-0.15, -0.1) is 0 Å². The molecule has 0 radical (unpaired) electrons. The number of imidazole rings is 1. The van der Waals surface area contributed by atoms with Gasteiger partial charge in [-0.2, -0.15) is 0 Å². The van der Waals surface area contributed by atoms with E-state index in [9.17, 15) is 14.4 Å². The first-order valence-electron chi connectivity index (χ1n) is 10.4. The maximum atomic E-state index is 12.6. The van der Waals surface area contributed by atoms with Crippen LogP contribution in [0, 0.1) is 13.8 Å². The number of esters is 1. The minimum absolute atomic E-state index is 0.0275. The van der Waals surface area contributed by atoms with Crippen molar-refractivity contribution in [1.82, 2.24) is 13.7 Å². The lowest BCUT2D eigenvalue weighted by Gasteiger charge is -2.08. The highest BCUT2D eigenvalue weighted by atomic mass is 16.5.